The average Bonchev–Trinajstić information content (AvgIpc) is 2.64. The summed E-state index contributed by atoms with van der Waals surface area (Å²) >= 11 is 4.52. The van der Waals surface area contributed by atoms with E-state index in [-0.39, 0.29) is 5.91 Å². The highest BCUT2D eigenvalue weighted by atomic mass is 79.9. The van der Waals surface area contributed by atoms with E-state index in [9.17, 15) is 4.79 Å². The number of fused-ring (bicyclic) bond motifs is 1. The first-order chi connectivity index (χ1) is 8.09. The Kier molecular flexibility index (Phi) is 3.44. The van der Waals surface area contributed by atoms with Crippen LogP contribution in [0.2, 0.25) is 0 Å². The third-order valence-electron chi connectivity index (χ3n) is 2.18. The second-order valence-corrected chi connectivity index (χ2v) is 5.59. The van der Waals surface area contributed by atoms with Gasteiger partial charge in [0, 0.05) is 28.8 Å². The van der Waals surface area contributed by atoms with Crippen molar-refractivity contribution in [1.29, 1.82) is 0 Å². The van der Waals surface area contributed by atoms with Crippen molar-refractivity contribution in [3.63, 3.8) is 0 Å². The van der Waals surface area contributed by atoms with Gasteiger partial charge in [0.1, 0.15) is 4.88 Å². The van der Waals surface area contributed by atoms with Crippen molar-refractivity contribution in [2.45, 2.75) is 0 Å². The van der Waals surface area contributed by atoms with Gasteiger partial charge in [-0.25, -0.2) is 0 Å². The predicted molar refractivity (Wildman–Crippen MR) is 74.4 cm³/mol. The highest BCUT2D eigenvalue weighted by Gasteiger charge is 2.15. The Balaban J connectivity index is 2.32. The first-order valence-electron chi connectivity index (χ1n) is 4.83. The maximum Gasteiger partial charge on any atom is 0.263 e. The normalized spacial score (nSPS) is 10.4. The summed E-state index contributed by atoms with van der Waals surface area (Å²) in [6.07, 6.45) is 3.37. The van der Waals surface area contributed by atoms with Crippen LogP contribution in [0.25, 0.3) is 10.1 Å². The number of amides is 1. The van der Waals surface area contributed by atoms with E-state index in [2.05, 4.69) is 32.8 Å². The number of carbonyl (C=O) groups is 1. The average molecular weight is 312 g/mol. The van der Waals surface area contributed by atoms with Gasteiger partial charge in [0.05, 0.1) is 10.4 Å². The van der Waals surface area contributed by atoms with Gasteiger partial charge in [-0.15, -0.1) is 11.3 Å². The highest BCUT2D eigenvalue weighted by Crippen LogP contribution is 2.32. The van der Waals surface area contributed by atoms with E-state index in [0.717, 1.165) is 10.1 Å². The second kappa shape index (κ2) is 4.85. The van der Waals surface area contributed by atoms with Gasteiger partial charge in [0.25, 0.3) is 5.91 Å². The Bertz CT molecular complexity index is 593. The molecule has 88 valence electrons. The molecule has 0 spiro atoms. The summed E-state index contributed by atoms with van der Waals surface area (Å²) in [4.78, 5) is 16.4. The van der Waals surface area contributed by atoms with Crippen molar-refractivity contribution in [3.05, 3.63) is 34.4 Å². The second-order valence-electron chi connectivity index (χ2n) is 3.42. The molecular formula is C11H10BrN3OS. The van der Waals surface area contributed by atoms with Crippen LogP contribution in [-0.4, -0.2) is 17.4 Å². The molecule has 2 heterocycles. The lowest BCUT2D eigenvalue weighted by Gasteiger charge is -2.02. The van der Waals surface area contributed by atoms with E-state index < -0.39 is 0 Å². The molecule has 0 fully saturated rings. The summed E-state index contributed by atoms with van der Waals surface area (Å²) in [6.45, 7) is 4.03. The predicted octanol–water partition coefficient (Wildman–Crippen LogP) is 2.52. The molecule has 4 nitrogen and oxygen atoms in total. The van der Waals surface area contributed by atoms with E-state index >= 15 is 0 Å². The van der Waals surface area contributed by atoms with E-state index in [0.29, 0.717) is 21.6 Å². The van der Waals surface area contributed by atoms with Crippen LogP contribution in [-0.2, 0) is 0 Å². The number of halogens is 1. The largest absolute Gasteiger partial charge is 0.397 e. The van der Waals surface area contributed by atoms with Gasteiger partial charge in [0.2, 0.25) is 0 Å². The van der Waals surface area contributed by atoms with Crippen LogP contribution >= 0.6 is 27.3 Å². The number of anilines is 1. The molecule has 2 aromatic rings. The molecule has 3 N–H and O–H groups in total. The zero-order chi connectivity index (χ0) is 12.4. The molecule has 0 aliphatic carbocycles. The molecule has 0 saturated carbocycles. The lowest BCUT2D eigenvalue weighted by atomic mass is 10.2. The molecule has 2 aromatic heterocycles. The number of nitrogens with two attached hydrogens (primary N) is 1. The van der Waals surface area contributed by atoms with Crippen molar-refractivity contribution in [2.24, 2.45) is 0 Å². The molecular weight excluding hydrogens is 302 g/mol. The van der Waals surface area contributed by atoms with Crippen LogP contribution in [0.3, 0.4) is 0 Å². The maximum absolute atomic E-state index is 11.9. The van der Waals surface area contributed by atoms with Crippen LogP contribution in [0.15, 0.2) is 29.5 Å². The molecule has 1 amide bonds. The van der Waals surface area contributed by atoms with E-state index in [4.69, 9.17) is 5.73 Å². The lowest BCUT2D eigenvalue weighted by Crippen LogP contribution is -2.24. The van der Waals surface area contributed by atoms with Crippen LogP contribution in [0, 0.1) is 0 Å². The van der Waals surface area contributed by atoms with Gasteiger partial charge in [-0.1, -0.05) is 22.5 Å². The van der Waals surface area contributed by atoms with E-state index in [1.54, 1.807) is 18.5 Å². The molecule has 0 saturated heterocycles. The Hall–Kier alpha value is -1.40. The number of nitrogen functional groups attached to an aromatic ring is 1. The zero-order valence-electron chi connectivity index (χ0n) is 8.87. The first-order valence-corrected chi connectivity index (χ1v) is 6.44. The van der Waals surface area contributed by atoms with Crippen molar-refractivity contribution >= 4 is 48.9 Å². The molecule has 0 radical (unpaired) electrons. The SMILES string of the molecule is C=C(Br)CNC(=O)c1sc2cnccc2c1N. The molecule has 0 bridgehead atoms. The number of hydrogen-bond acceptors (Lipinski definition) is 4. The van der Waals surface area contributed by atoms with Crippen LogP contribution < -0.4 is 11.1 Å². The van der Waals surface area contributed by atoms with Crippen LogP contribution in [0.5, 0.6) is 0 Å². The number of nitrogens with zero attached hydrogens (tertiary/aromatic N) is 1. The van der Waals surface area contributed by atoms with Crippen molar-refractivity contribution in [1.82, 2.24) is 10.3 Å². The third-order valence-corrected chi connectivity index (χ3v) is 3.61. The minimum Gasteiger partial charge on any atom is -0.397 e. The van der Waals surface area contributed by atoms with E-state index in [1.807, 2.05) is 0 Å². The molecule has 2 rings (SSSR count). The number of thiophene rings is 1. The van der Waals surface area contributed by atoms with Crippen molar-refractivity contribution in [2.75, 3.05) is 12.3 Å². The summed E-state index contributed by atoms with van der Waals surface area (Å²) < 4.78 is 1.63. The van der Waals surface area contributed by atoms with Crippen LogP contribution in [0.1, 0.15) is 9.67 Å². The number of nitrogens with one attached hydrogen (secondary N) is 1. The summed E-state index contributed by atoms with van der Waals surface area (Å²) in [5.74, 6) is -0.190. The standard InChI is InChI=1S/C11H10BrN3OS/c1-6(12)4-15-11(16)10-9(13)7-2-3-14-5-8(7)17-10/h2-3,5H,1,4,13H2,(H,15,16). The number of pyridine rings is 1. The van der Waals surface area contributed by atoms with Gasteiger partial charge in [-0.3, -0.25) is 9.78 Å². The lowest BCUT2D eigenvalue weighted by molar-refractivity contribution is 0.0962. The summed E-state index contributed by atoms with van der Waals surface area (Å²) in [6, 6.07) is 1.81. The molecule has 0 aliphatic heterocycles. The fourth-order valence-corrected chi connectivity index (χ4v) is 2.54. The molecule has 17 heavy (non-hydrogen) atoms. The molecule has 0 aliphatic rings. The van der Waals surface area contributed by atoms with Gasteiger partial charge >= 0.3 is 0 Å². The number of aromatic nitrogens is 1. The Morgan fingerprint density at radius 2 is 2.41 bits per heavy atom. The zero-order valence-corrected chi connectivity index (χ0v) is 11.3. The number of hydrogen-bond donors (Lipinski definition) is 2. The quantitative estimate of drug-likeness (QED) is 0.915. The minimum absolute atomic E-state index is 0.190. The monoisotopic (exact) mass is 311 g/mol. The van der Waals surface area contributed by atoms with E-state index in [1.165, 1.54) is 11.3 Å². The first kappa shape index (κ1) is 12.1. The van der Waals surface area contributed by atoms with Gasteiger partial charge < -0.3 is 11.1 Å². The third kappa shape index (κ3) is 2.48. The van der Waals surface area contributed by atoms with Gasteiger partial charge in [0.15, 0.2) is 0 Å². The number of carbonyl (C=O) groups excluding carboxylic acids is 1. The Morgan fingerprint density at radius 1 is 1.65 bits per heavy atom. The Morgan fingerprint density at radius 3 is 3.06 bits per heavy atom. The molecule has 0 atom stereocenters. The van der Waals surface area contributed by atoms with Gasteiger partial charge in [-0.2, -0.15) is 0 Å². The molecule has 0 unspecified atom stereocenters. The van der Waals surface area contributed by atoms with Gasteiger partial charge in [-0.05, 0) is 6.07 Å². The number of rotatable bonds is 3. The summed E-state index contributed by atoms with van der Waals surface area (Å²) in [5, 5.41) is 3.59. The molecule has 6 heteroatoms. The smallest absolute Gasteiger partial charge is 0.263 e. The molecule has 0 aromatic carbocycles. The topological polar surface area (TPSA) is 68.0 Å². The maximum atomic E-state index is 11.9. The summed E-state index contributed by atoms with van der Waals surface area (Å²) in [7, 11) is 0. The van der Waals surface area contributed by atoms with Crippen molar-refractivity contribution in [3.8, 4) is 0 Å². The fraction of sp³-hybridized carbons (Fsp3) is 0.0909. The Labute approximate surface area is 111 Å². The van der Waals surface area contributed by atoms with Crippen LogP contribution in [0.4, 0.5) is 5.69 Å². The highest BCUT2D eigenvalue weighted by molar-refractivity contribution is 9.11. The van der Waals surface area contributed by atoms with Crippen molar-refractivity contribution < 1.29 is 4.79 Å². The minimum atomic E-state index is -0.190. The summed E-state index contributed by atoms with van der Waals surface area (Å²) in [5.41, 5.74) is 6.44. The fourth-order valence-electron chi connectivity index (χ4n) is 1.40.